The van der Waals surface area contributed by atoms with Gasteiger partial charge in [-0.05, 0) is 38.7 Å². The lowest BCUT2D eigenvalue weighted by atomic mass is 10.1. The summed E-state index contributed by atoms with van der Waals surface area (Å²) in [5, 5.41) is 0. The fourth-order valence-electron chi connectivity index (χ4n) is 5.13. The summed E-state index contributed by atoms with van der Waals surface area (Å²) >= 11 is 0. The Bertz CT molecular complexity index is 826. The van der Waals surface area contributed by atoms with E-state index in [2.05, 4.69) is 17.0 Å². The number of aryl methyl sites for hydroxylation is 1. The highest BCUT2D eigenvalue weighted by atomic mass is 16.2. The van der Waals surface area contributed by atoms with Crippen molar-refractivity contribution in [2.24, 2.45) is 5.92 Å². The molecule has 3 amide bonds. The number of amides is 3. The van der Waals surface area contributed by atoms with Crippen LogP contribution in [0.4, 0.5) is 0 Å². The van der Waals surface area contributed by atoms with Gasteiger partial charge in [0.2, 0.25) is 17.7 Å². The van der Waals surface area contributed by atoms with Crippen molar-refractivity contribution in [1.29, 1.82) is 0 Å². The van der Waals surface area contributed by atoms with Crippen LogP contribution in [0.3, 0.4) is 0 Å². The van der Waals surface area contributed by atoms with Gasteiger partial charge < -0.3 is 14.7 Å². The molecule has 0 spiro atoms. The Labute approximate surface area is 191 Å². The van der Waals surface area contributed by atoms with Crippen LogP contribution in [0, 0.1) is 12.8 Å². The van der Waals surface area contributed by atoms with Crippen LogP contribution in [0.2, 0.25) is 0 Å². The average Bonchev–Trinajstić information content (AvgIpc) is 3.19. The molecule has 0 bridgehead atoms. The second-order valence-corrected chi connectivity index (χ2v) is 9.58. The second-order valence-electron chi connectivity index (χ2n) is 9.58. The zero-order chi connectivity index (χ0) is 22.7. The molecule has 1 aromatic rings. The third-order valence-electron chi connectivity index (χ3n) is 7.26. The summed E-state index contributed by atoms with van der Waals surface area (Å²) in [6.07, 6.45) is 3.71. The van der Waals surface area contributed by atoms with Crippen LogP contribution in [0.1, 0.15) is 43.7 Å². The maximum absolute atomic E-state index is 13.1. The van der Waals surface area contributed by atoms with Crippen molar-refractivity contribution in [2.75, 3.05) is 45.8 Å². The van der Waals surface area contributed by atoms with E-state index < -0.39 is 0 Å². The third-order valence-corrected chi connectivity index (χ3v) is 7.26. The minimum atomic E-state index is -0.257. The van der Waals surface area contributed by atoms with Gasteiger partial charge in [0, 0.05) is 58.8 Å². The SMILES string of the molecule is Cc1ccc(CN2CC(C(=O)N3CCN(C(C)C(=O)N4CCCCC4)CC3)CC2=O)cc1. The molecule has 3 aliphatic heterocycles. The van der Waals surface area contributed by atoms with Crippen LogP contribution in [-0.2, 0) is 20.9 Å². The number of piperazine rings is 1. The molecule has 7 heteroatoms. The van der Waals surface area contributed by atoms with Crippen molar-refractivity contribution in [2.45, 2.75) is 52.1 Å². The quantitative estimate of drug-likeness (QED) is 0.702. The Hall–Kier alpha value is -2.41. The lowest BCUT2D eigenvalue weighted by Gasteiger charge is -2.40. The first-order chi connectivity index (χ1) is 15.4. The first-order valence-electron chi connectivity index (χ1n) is 12.1. The first-order valence-corrected chi connectivity index (χ1v) is 12.1. The number of carbonyl (C=O) groups excluding carboxylic acids is 3. The van der Waals surface area contributed by atoms with E-state index >= 15 is 0 Å². The molecule has 2 atom stereocenters. The molecule has 3 heterocycles. The molecule has 1 aromatic carbocycles. The molecule has 0 aliphatic carbocycles. The van der Waals surface area contributed by atoms with Crippen molar-refractivity contribution in [3.05, 3.63) is 35.4 Å². The van der Waals surface area contributed by atoms with E-state index in [1.54, 1.807) is 0 Å². The van der Waals surface area contributed by atoms with Crippen molar-refractivity contribution < 1.29 is 14.4 Å². The number of carbonyl (C=O) groups is 3. The number of hydrogen-bond donors (Lipinski definition) is 0. The van der Waals surface area contributed by atoms with Crippen molar-refractivity contribution in [3.63, 3.8) is 0 Å². The van der Waals surface area contributed by atoms with Crippen molar-refractivity contribution >= 4 is 17.7 Å². The van der Waals surface area contributed by atoms with Gasteiger partial charge in [0.15, 0.2) is 0 Å². The van der Waals surface area contributed by atoms with Crippen molar-refractivity contribution in [3.8, 4) is 0 Å². The van der Waals surface area contributed by atoms with Crippen LogP contribution >= 0.6 is 0 Å². The molecule has 3 saturated heterocycles. The van der Waals surface area contributed by atoms with Gasteiger partial charge in [0.05, 0.1) is 12.0 Å². The summed E-state index contributed by atoms with van der Waals surface area (Å²) in [5.41, 5.74) is 2.29. The van der Waals surface area contributed by atoms with E-state index in [9.17, 15) is 14.4 Å². The number of benzene rings is 1. The zero-order valence-corrected chi connectivity index (χ0v) is 19.5. The largest absolute Gasteiger partial charge is 0.341 e. The Morgan fingerprint density at radius 3 is 2.25 bits per heavy atom. The Morgan fingerprint density at radius 2 is 1.59 bits per heavy atom. The maximum atomic E-state index is 13.1. The lowest BCUT2D eigenvalue weighted by molar-refractivity contribution is -0.141. The summed E-state index contributed by atoms with van der Waals surface area (Å²) in [7, 11) is 0. The summed E-state index contributed by atoms with van der Waals surface area (Å²) in [5.74, 6) is 0.104. The summed E-state index contributed by atoms with van der Waals surface area (Å²) < 4.78 is 0. The minimum absolute atomic E-state index is 0.0586. The molecule has 3 aliphatic rings. The molecule has 0 aromatic heterocycles. The average molecular weight is 441 g/mol. The summed E-state index contributed by atoms with van der Waals surface area (Å²) in [6.45, 7) is 9.50. The van der Waals surface area contributed by atoms with Crippen LogP contribution in [0.25, 0.3) is 0 Å². The molecule has 0 N–H and O–H groups in total. The van der Waals surface area contributed by atoms with Crippen LogP contribution in [0.5, 0.6) is 0 Å². The molecule has 2 unspecified atom stereocenters. The number of likely N-dealkylation sites (tertiary alicyclic amines) is 2. The Morgan fingerprint density at radius 1 is 0.938 bits per heavy atom. The van der Waals surface area contributed by atoms with E-state index in [0.717, 1.165) is 31.5 Å². The molecule has 174 valence electrons. The molecule has 0 radical (unpaired) electrons. The monoisotopic (exact) mass is 440 g/mol. The normalized spacial score (nSPS) is 23.5. The minimum Gasteiger partial charge on any atom is -0.341 e. The molecule has 0 saturated carbocycles. The van der Waals surface area contributed by atoms with Crippen LogP contribution < -0.4 is 0 Å². The molecular weight excluding hydrogens is 404 g/mol. The van der Waals surface area contributed by atoms with E-state index in [-0.39, 0.29) is 29.7 Å². The van der Waals surface area contributed by atoms with E-state index in [0.29, 0.717) is 45.7 Å². The van der Waals surface area contributed by atoms with Gasteiger partial charge in [-0.15, -0.1) is 0 Å². The Balaban J connectivity index is 1.26. The molecule has 7 nitrogen and oxygen atoms in total. The number of rotatable bonds is 5. The highest BCUT2D eigenvalue weighted by Crippen LogP contribution is 2.23. The fraction of sp³-hybridized carbons (Fsp3) is 0.640. The zero-order valence-electron chi connectivity index (χ0n) is 19.5. The van der Waals surface area contributed by atoms with Gasteiger partial charge in [0.1, 0.15) is 0 Å². The van der Waals surface area contributed by atoms with E-state index in [4.69, 9.17) is 0 Å². The fourth-order valence-corrected chi connectivity index (χ4v) is 5.13. The molecule has 32 heavy (non-hydrogen) atoms. The topological polar surface area (TPSA) is 64.2 Å². The summed E-state index contributed by atoms with van der Waals surface area (Å²) in [4.78, 5) is 46.3. The van der Waals surface area contributed by atoms with E-state index in [1.807, 2.05) is 40.7 Å². The van der Waals surface area contributed by atoms with E-state index in [1.165, 1.54) is 12.0 Å². The lowest BCUT2D eigenvalue weighted by Crippen LogP contribution is -2.56. The predicted octanol–water partition coefficient (Wildman–Crippen LogP) is 1.89. The molecule has 4 rings (SSSR count). The van der Waals surface area contributed by atoms with Gasteiger partial charge >= 0.3 is 0 Å². The smallest absolute Gasteiger partial charge is 0.239 e. The standard InChI is InChI=1S/C25H36N4O3/c1-19-6-8-21(9-7-19)17-29-18-22(16-23(29)30)25(32)28-14-12-26(13-15-28)20(2)24(31)27-10-4-3-5-11-27/h6-9,20,22H,3-5,10-18H2,1-2H3. The third kappa shape index (κ3) is 5.14. The Kier molecular flexibility index (Phi) is 7.13. The van der Waals surface area contributed by atoms with Gasteiger partial charge in [-0.3, -0.25) is 19.3 Å². The van der Waals surface area contributed by atoms with Gasteiger partial charge in [-0.25, -0.2) is 0 Å². The van der Waals surface area contributed by atoms with Crippen LogP contribution in [0.15, 0.2) is 24.3 Å². The van der Waals surface area contributed by atoms with Crippen molar-refractivity contribution in [1.82, 2.24) is 19.6 Å². The first kappa shape index (κ1) is 22.8. The second kappa shape index (κ2) is 10.0. The van der Waals surface area contributed by atoms with Gasteiger partial charge in [0.25, 0.3) is 0 Å². The summed E-state index contributed by atoms with van der Waals surface area (Å²) in [6, 6.07) is 8.06. The number of hydrogen-bond acceptors (Lipinski definition) is 4. The molecular formula is C25H36N4O3. The molecule has 3 fully saturated rings. The number of piperidine rings is 1. The highest BCUT2D eigenvalue weighted by molar-refractivity contribution is 5.89. The predicted molar refractivity (Wildman–Crippen MR) is 123 cm³/mol. The van der Waals surface area contributed by atoms with Gasteiger partial charge in [-0.2, -0.15) is 0 Å². The maximum Gasteiger partial charge on any atom is 0.239 e. The van der Waals surface area contributed by atoms with Gasteiger partial charge in [-0.1, -0.05) is 29.8 Å². The number of nitrogens with zero attached hydrogens (tertiary/aromatic N) is 4. The highest BCUT2D eigenvalue weighted by Gasteiger charge is 2.38. The van der Waals surface area contributed by atoms with Crippen LogP contribution in [-0.4, -0.2) is 89.2 Å².